The number of hydrogen-bond acceptors (Lipinski definition) is 5. The number of nitrogens with one attached hydrogen (secondary N) is 1. The molecule has 0 heterocycles. The van der Waals surface area contributed by atoms with Crippen molar-refractivity contribution in [2.24, 2.45) is 5.10 Å². The summed E-state index contributed by atoms with van der Waals surface area (Å²) in [7, 11) is 3.27. The van der Waals surface area contributed by atoms with E-state index in [1.807, 2.05) is 72.8 Å². The highest BCUT2D eigenvalue weighted by molar-refractivity contribution is 5.81. The molecule has 0 aliphatic heterocycles. The Morgan fingerprint density at radius 1 is 0.852 bits per heavy atom. The SMILES string of the molecule is COc1cccc(COc2cc(C=NNc3ccccc3)ccc2OC)c1. The fourth-order valence-electron chi connectivity index (χ4n) is 2.50. The Bertz CT molecular complexity index is 895. The van der Waals surface area contributed by atoms with E-state index in [0.717, 1.165) is 22.6 Å². The van der Waals surface area contributed by atoms with Crippen LogP contribution in [0.5, 0.6) is 17.2 Å². The fourth-order valence-corrected chi connectivity index (χ4v) is 2.50. The van der Waals surface area contributed by atoms with Gasteiger partial charge in [0.25, 0.3) is 0 Å². The van der Waals surface area contributed by atoms with Crippen LogP contribution in [0.15, 0.2) is 77.9 Å². The molecular formula is C22H22N2O3. The fraction of sp³-hybridized carbons (Fsp3) is 0.136. The summed E-state index contributed by atoms with van der Waals surface area (Å²) in [4.78, 5) is 0. The Labute approximate surface area is 159 Å². The lowest BCUT2D eigenvalue weighted by Gasteiger charge is -2.12. The van der Waals surface area contributed by atoms with Crippen molar-refractivity contribution in [2.45, 2.75) is 6.61 Å². The number of para-hydroxylation sites is 1. The molecule has 138 valence electrons. The van der Waals surface area contributed by atoms with Crippen molar-refractivity contribution in [2.75, 3.05) is 19.6 Å². The Balaban J connectivity index is 1.69. The standard InChI is InChI=1S/C22H22N2O3/c1-25-20-10-6-7-18(13-20)16-27-22-14-17(11-12-21(22)26-2)15-23-24-19-8-4-3-5-9-19/h3-15,24H,16H2,1-2H3. The molecule has 0 atom stereocenters. The van der Waals surface area contributed by atoms with Crippen molar-refractivity contribution in [3.8, 4) is 17.2 Å². The maximum absolute atomic E-state index is 5.96. The Morgan fingerprint density at radius 3 is 2.48 bits per heavy atom. The third kappa shape index (κ3) is 5.25. The number of hydrogen-bond donors (Lipinski definition) is 1. The smallest absolute Gasteiger partial charge is 0.162 e. The summed E-state index contributed by atoms with van der Waals surface area (Å²) >= 11 is 0. The van der Waals surface area contributed by atoms with Crippen molar-refractivity contribution < 1.29 is 14.2 Å². The summed E-state index contributed by atoms with van der Waals surface area (Å²) in [5.74, 6) is 2.13. The van der Waals surface area contributed by atoms with Crippen molar-refractivity contribution in [1.82, 2.24) is 0 Å². The maximum Gasteiger partial charge on any atom is 0.162 e. The lowest BCUT2D eigenvalue weighted by molar-refractivity contribution is 0.284. The van der Waals surface area contributed by atoms with E-state index in [1.54, 1.807) is 20.4 Å². The van der Waals surface area contributed by atoms with Crippen LogP contribution in [-0.2, 0) is 6.61 Å². The molecule has 3 rings (SSSR count). The third-order valence-corrected chi connectivity index (χ3v) is 3.90. The zero-order valence-corrected chi connectivity index (χ0v) is 15.4. The minimum atomic E-state index is 0.413. The van der Waals surface area contributed by atoms with Gasteiger partial charge in [0, 0.05) is 0 Å². The second-order valence-corrected chi connectivity index (χ2v) is 5.79. The highest BCUT2D eigenvalue weighted by atomic mass is 16.5. The molecule has 5 nitrogen and oxygen atoms in total. The van der Waals surface area contributed by atoms with Crippen LogP contribution >= 0.6 is 0 Å². The third-order valence-electron chi connectivity index (χ3n) is 3.90. The molecule has 0 saturated carbocycles. The summed E-state index contributed by atoms with van der Waals surface area (Å²) in [5, 5.41) is 4.26. The highest BCUT2D eigenvalue weighted by Crippen LogP contribution is 2.28. The first-order valence-corrected chi connectivity index (χ1v) is 8.56. The molecule has 0 fully saturated rings. The van der Waals surface area contributed by atoms with Crippen LogP contribution in [0.1, 0.15) is 11.1 Å². The average molecular weight is 362 g/mol. The van der Waals surface area contributed by atoms with Crippen LogP contribution in [0.25, 0.3) is 0 Å². The van der Waals surface area contributed by atoms with Crippen molar-refractivity contribution in [3.63, 3.8) is 0 Å². The molecule has 0 aliphatic rings. The van der Waals surface area contributed by atoms with E-state index in [0.29, 0.717) is 18.1 Å². The molecule has 0 amide bonds. The molecular weight excluding hydrogens is 340 g/mol. The minimum absolute atomic E-state index is 0.413. The van der Waals surface area contributed by atoms with Gasteiger partial charge in [-0.3, -0.25) is 5.43 Å². The molecule has 1 N–H and O–H groups in total. The summed E-state index contributed by atoms with van der Waals surface area (Å²) in [5.41, 5.74) is 5.84. The van der Waals surface area contributed by atoms with Crippen molar-refractivity contribution >= 4 is 11.9 Å². The molecule has 0 aromatic heterocycles. The first-order valence-electron chi connectivity index (χ1n) is 8.56. The molecule has 0 spiro atoms. The number of benzene rings is 3. The predicted octanol–water partition coefficient (Wildman–Crippen LogP) is 4.73. The number of ether oxygens (including phenoxy) is 3. The largest absolute Gasteiger partial charge is 0.497 e. The molecule has 0 radical (unpaired) electrons. The van der Waals surface area contributed by atoms with Gasteiger partial charge in [0.05, 0.1) is 26.1 Å². The van der Waals surface area contributed by atoms with E-state index in [4.69, 9.17) is 14.2 Å². The second-order valence-electron chi connectivity index (χ2n) is 5.79. The topological polar surface area (TPSA) is 52.1 Å². The number of hydrazone groups is 1. The zero-order valence-electron chi connectivity index (χ0n) is 15.4. The molecule has 0 aliphatic carbocycles. The first-order chi connectivity index (χ1) is 13.3. The molecule has 0 unspecified atom stereocenters. The summed E-state index contributed by atoms with van der Waals surface area (Å²) < 4.78 is 16.6. The minimum Gasteiger partial charge on any atom is -0.497 e. The van der Waals surface area contributed by atoms with Gasteiger partial charge in [-0.15, -0.1) is 0 Å². The van der Waals surface area contributed by atoms with E-state index in [9.17, 15) is 0 Å². The van der Waals surface area contributed by atoms with Gasteiger partial charge < -0.3 is 14.2 Å². The van der Waals surface area contributed by atoms with Crippen LogP contribution in [0.4, 0.5) is 5.69 Å². The lowest BCUT2D eigenvalue weighted by atomic mass is 10.2. The van der Waals surface area contributed by atoms with Crippen LogP contribution in [0, 0.1) is 0 Å². The molecule has 0 saturated heterocycles. The molecule has 27 heavy (non-hydrogen) atoms. The number of methoxy groups -OCH3 is 2. The van der Waals surface area contributed by atoms with E-state index in [2.05, 4.69) is 10.5 Å². The highest BCUT2D eigenvalue weighted by Gasteiger charge is 2.06. The molecule has 0 bridgehead atoms. The van der Waals surface area contributed by atoms with E-state index < -0.39 is 0 Å². The number of rotatable bonds is 8. The van der Waals surface area contributed by atoms with Crippen LogP contribution in [0.3, 0.4) is 0 Å². The maximum atomic E-state index is 5.96. The van der Waals surface area contributed by atoms with Gasteiger partial charge in [-0.2, -0.15) is 5.10 Å². The van der Waals surface area contributed by atoms with E-state index in [1.165, 1.54) is 0 Å². The second kappa shape index (κ2) is 9.29. The van der Waals surface area contributed by atoms with Gasteiger partial charge >= 0.3 is 0 Å². The van der Waals surface area contributed by atoms with Gasteiger partial charge in [-0.1, -0.05) is 30.3 Å². The summed E-state index contributed by atoms with van der Waals surface area (Å²) in [6, 6.07) is 23.2. The van der Waals surface area contributed by atoms with E-state index in [-0.39, 0.29) is 0 Å². The Hall–Kier alpha value is -3.47. The molecule has 3 aromatic rings. The molecule has 5 heteroatoms. The average Bonchev–Trinajstić information content (AvgIpc) is 2.73. The first kappa shape index (κ1) is 18.3. The summed E-state index contributed by atoms with van der Waals surface area (Å²) in [6.07, 6.45) is 1.74. The van der Waals surface area contributed by atoms with Gasteiger partial charge in [-0.25, -0.2) is 0 Å². The monoisotopic (exact) mass is 362 g/mol. The van der Waals surface area contributed by atoms with E-state index >= 15 is 0 Å². The number of nitrogens with zero attached hydrogens (tertiary/aromatic N) is 1. The predicted molar refractivity (Wildman–Crippen MR) is 108 cm³/mol. The van der Waals surface area contributed by atoms with Crippen molar-refractivity contribution in [3.05, 3.63) is 83.9 Å². The van der Waals surface area contributed by atoms with Crippen LogP contribution < -0.4 is 19.6 Å². The molecule has 3 aromatic carbocycles. The summed E-state index contributed by atoms with van der Waals surface area (Å²) in [6.45, 7) is 0.413. The van der Waals surface area contributed by atoms with Gasteiger partial charge in [0.1, 0.15) is 12.4 Å². The number of anilines is 1. The Morgan fingerprint density at radius 2 is 1.70 bits per heavy atom. The van der Waals surface area contributed by atoms with Gasteiger partial charge in [-0.05, 0) is 53.6 Å². The van der Waals surface area contributed by atoms with Gasteiger partial charge in [0.15, 0.2) is 11.5 Å². The zero-order chi connectivity index (χ0) is 18.9. The Kier molecular flexibility index (Phi) is 6.30. The van der Waals surface area contributed by atoms with Crippen LogP contribution in [0.2, 0.25) is 0 Å². The van der Waals surface area contributed by atoms with Gasteiger partial charge in [0.2, 0.25) is 0 Å². The quantitative estimate of drug-likeness (QED) is 0.465. The normalized spacial score (nSPS) is 10.6. The van der Waals surface area contributed by atoms with Crippen LogP contribution in [-0.4, -0.2) is 20.4 Å². The lowest BCUT2D eigenvalue weighted by Crippen LogP contribution is -1.99. The van der Waals surface area contributed by atoms with Crippen molar-refractivity contribution in [1.29, 1.82) is 0 Å².